The van der Waals surface area contributed by atoms with Crippen LogP contribution in [0.1, 0.15) is 11.1 Å². The Morgan fingerprint density at radius 2 is 1.02 bits per heavy atom. The number of ether oxygens (including phenoxy) is 1. The zero-order valence-electron chi connectivity index (χ0n) is 28.1. The molecule has 0 fully saturated rings. The second kappa shape index (κ2) is 12.6. The molecule has 0 radical (unpaired) electrons. The van der Waals surface area contributed by atoms with Crippen LogP contribution in [0.5, 0.6) is 5.75 Å². The maximum atomic E-state index is 6.21. The number of aromatic nitrogens is 1. The first-order chi connectivity index (χ1) is 25.2. The summed E-state index contributed by atoms with van der Waals surface area (Å²) in [5.41, 5.74) is 13.9. The minimum atomic E-state index is 0.628. The number of nitrogens with zero attached hydrogens (tertiary/aromatic N) is 3. The van der Waals surface area contributed by atoms with Crippen LogP contribution in [0, 0.1) is 0 Å². The highest BCUT2D eigenvalue weighted by Crippen LogP contribution is 2.39. The summed E-state index contributed by atoms with van der Waals surface area (Å²) < 4.78 is 8.59. The molecular formula is C47H33N3O. The van der Waals surface area contributed by atoms with Gasteiger partial charge in [0.1, 0.15) is 17.2 Å². The summed E-state index contributed by atoms with van der Waals surface area (Å²) in [7, 11) is 1.78. The van der Waals surface area contributed by atoms with Crippen molar-refractivity contribution in [3.8, 4) is 44.8 Å². The van der Waals surface area contributed by atoms with Crippen LogP contribution in [-0.4, -0.2) is 24.0 Å². The van der Waals surface area contributed by atoms with E-state index in [0.717, 1.165) is 39.4 Å². The van der Waals surface area contributed by atoms with Crippen molar-refractivity contribution in [2.45, 2.75) is 0 Å². The van der Waals surface area contributed by atoms with Gasteiger partial charge in [-0.2, -0.15) is 0 Å². The Kier molecular flexibility index (Phi) is 7.48. The van der Waals surface area contributed by atoms with E-state index in [4.69, 9.17) is 4.74 Å². The van der Waals surface area contributed by atoms with Crippen molar-refractivity contribution in [2.75, 3.05) is 7.05 Å². The summed E-state index contributed by atoms with van der Waals surface area (Å²) in [6.07, 6.45) is 0. The van der Waals surface area contributed by atoms with Gasteiger partial charge in [-0.3, -0.25) is 9.98 Å². The van der Waals surface area contributed by atoms with Crippen LogP contribution in [0.25, 0.3) is 66.6 Å². The second-order valence-corrected chi connectivity index (χ2v) is 12.7. The van der Waals surface area contributed by atoms with Gasteiger partial charge in [-0.25, -0.2) is 0 Å². The smallest absolute Gasteiger partial charge is 0.179 e. The molecule has 0 amide bonds. The average Bonchev–Trinajstić information content (AvgIpc) is 3.74. The number of para-hydroxylation sites is 1. The lowest BCUT2D eigenvalue weighted by Gasteiger charge is -2.11. The average molecular weight is 656 g/mol. The molecule has 1 aliphatic rings. The number of fused-ring (bicyclic) bond motifs is 4. The van der Waals surface area contributed by atoms with Crippen LogP contribution in [0.2, 0.25) is 0 Å². The van der Waals surface area contributed by atoms with Crippen LogP contribution in [0.4, 0.5) is 0 Å². The standard InChI is InChI=1S/C47H33N3O/c1-48-45(47-46(49-2)39-15-9-10-16-44(39)51-47)35-19-17-33(18-20-35)34-21-25-38(26-22-34)50-42-27-23-36(31-11-5-3-6-12-31)29-40(42)41-30-37(24-28-43(41)50)32-13-7-4-8-14-32/h3-30H,1H2,2H3/b47-45+,49-46-. The quantitative estimate of drug-likeness (QED) is 0.164. The molecule has 51 heavy (non-hydrogen) atoms. The topological polar surface area (TPSA) is 38.9 Å². The van der Waals surface area contributed by atoms with E-state index in [1.165, 1.54) is 44.1 Å². The molecule has 1 aliphatic heterocycles. The zero-order chi connectivity index (χ0) is 34.3. The van der Waals surface area contributed by atoms with Crippen molar-refractivity contribution in [3.05, 3.63) is 187 Å². The molecule has 0 saturated heterocycles. The minimum Gasteiger partial charge on any atom is -0.452 e. The largest absolute Gasteiger partial charge is 0.452 e. The highest BCUT2D eigenvalue weighted by Gasteiger charge is 2.28. The molecule has 7 aromatic carbocycles. The first-order valence-corrected chi connectivity index (χ1v) is 17.1. The Labute approximate surface area is 297 Å². The van der Waals surface area contributed by atoms with E-state index in [9.17, 15) is 0 Å². The SMILES string of the molecule is C=N/C(=C1/Oc2ccccc2/C1=N/C)c1ccc(-c2ccc(-n3c4ccc(-c5ccccc5)cc4c4cc(-c5ccccc5)ccc43)cc2)cc1. The van der Waals surface area contributed by atoms with Crippen molar-refractivity contribution in [1.82, 2.24) is 4.57 Å². The molecule has 242 valence electrons. The molecule has 0 N–H and O–H groups in total. The van der Waals surface area contributed by atoms with Crippen LogP contribution in [-0.2, 0) is 0 Å². The zero-order valence-corrected chi connectivity index (χ0v) is 28.1. The highest BCUT2D eigenvalue weighted by atomic mass is 16.5. The number of hydrogen-bond acceptors (Lipinski definition) is 3. The summed E-state index contributed by atoms with van der Waals surface area (Å²) in [5, 5.41) is 2.46. The van der Waals surface area contributed by atoms with E-state index in [1.807, 2.05) is 24.3 Å². The molecule has 4 nitrogen and oxygen atoms in total. The predicted octanol–water partition coefficient (Wildman–Crippen LogP) is 11.7. The van der Waals surface area contributed by atoms with Crippen LogP contribution in [0.3, 0.4) is 0 Å². The molecule has 1 aromatic heterocycles. The van der Waals surface area contributed by atoms with Gasteiger partial charge in [0.15, 0.2) is 5.76 Å². The Morgan fingerprint density at radius 3 is 1.57 bits per heavy atom. The molecule has 8 aromatic rings. The Hall–Kier alpha value is -6.78. The van der Waals surface area contributed by atoms with Crippen molar-refractivity contribution in [3.63, 3.8) is 0 Å². The fourth-order valence-electron chi connectivity index (χ4n) is 7.25. The first kappa shape index (κ1) is 30.3. The van der Waals surface area contributed by atoms with E-state index in [1.54, 1.807) is 7.05 Å². The second-order valence-electron chi connectivity index (χ2n) is 12.7. The number of hydrogen-bond donors (Lipinski definition) is 0. The molecule has 2 heterocycles. The molecule has 4 heteroatoms. The third-order valence-electron chi connectivity index (χ3n) is 9.76. The van der Waals surface area contributed by atoms with Crippen molar-refractivity contribution < 1.29 is 4.74 Å². The first-order valence-electron chi connectivity index (χ1n) is 17.1. The van der Waals surface area contributed by atoms with Gasteiger partial charge in [-0.15, -0.1) is 0 Å². The van der Waals surface area contributed by atoms with E-state index in [-0.39, 0.29) is 0 Å². The van der Waals surface area contributed by atoms with E-state index >= 15 is 0 Å². The summed E-state index contributed by atoms with van der Waals surface area (Å²) in [6, 6.07) is 60.0. The fraction of sp³-hybridized carbons (Fsp3) is 0.0213. The molecule has 0 saturated carbocycles. The lowest BCUT2D eigenvalue weighted by molar-refractivity contribution is 0.470. The van der Waals surface area contributed by atoms with Gasteiger partial charge >= 0.3 is 0 Å². The molecule has 0 bridgehead atoms. The monoisotopic (exact) mass is 655 g/mol. The normalized spacial score (nSPS) is 14.1. The number of aliphatic imine (C=N–C) groups is 2. The number of rotatable bonds is 6. The van der Waals surface area contributed by atoms with Gasteiger partial charge in [-0.05, 0) is 88.6 Å². The summed E-state index contributed by atoms with van der Waals surface area (Å²) >= 11 is 0. The number of benzene rings is 7. The van der Waals surface area contributed by atoms with E-state index in [2.05, 4.69) is 167 Å². The van der Waals surface area contributed by atoms with Gasteiger partial charge in [0, 0.05) is 34.6 Å². The lowest BCUT2D eigenvalue weighted by Crippen LogP contribution is -2.04. The van der Waals surface area contributed by atoms with Crippen LogP contribution >= 0.6 is 0 Å². The summed E-state index contributed by atoms with van der Waals surface area (Å²) in [6.45, 7) is 3.87. The predicted molar refractivity (Wildman–Crippen MR) is 213 cm³/mol. The van der Waals surface area contributed by atoms with E-state index < -0.39 is 0 Å². The lowest BCUT2D eigenvalue weighted by atomic mass is 10.0. The molecule has 9 rings (SSSR count). The Balaban J connectivity index is 1.09. The maximum absolute atomic E-state index is 6.21. The Bertz CT molecular complexity index is 2550. The van der Waals surface area contributed by atoms with Gasteiger partial charge in [-0.1, -0.05) is 121 Å². The van der Waals surface area contributed by atoms with Crippen molar-refractivity contribution in [1.29, 1.82) is 0 Å². The van der Waals surface area contributed by atoms with Crippen molar-refractivity contribution >= 4 is 39.9 Å². The molecule has 0 aliphatic carbocycles. The van der Waals surface area contributed by atoms with Gasteiger partial charge < -0.3 is 9.30 Å². The molecule has 0 atom stereocenters. The maximum Gasteiger partial charge on any atom is 0.179 e. The summed E-state index contributed by atoms with van der Waals surface area (Å²) in [5.74, 6) is 1.41. The molecule has 0 spiro atoms. The minimum absolute atomic E-state index is 0.628. The van der Waals surface area contributed by atoms with Gasteiger partial charge in [0.25, 0.3) is 0 Å². The van der Waals surface area contributed by atoms with Crippen LogP contribution in [0.15, 0.2) is 186 Å². The summed E-state index contributed by atoms with van der Waals surface area (Å²) in [4.78, 5) is 8.90. The fourth-order valence-corrected chi connectivity index (χ4v) is 7.25. The van der Waals surface area contributed by atoms with Gasteiger partial charge in [0.2, 0.25) is 0 Å². The highest BCUT2D eigenvalue weighted by molar-refractivity contribution is 6.19. The van der Waals surface area contributed by atoms with Crippen molar-refractivity contribution in [2.24, 2.45) is 9.98 Å². The van der Waals surface area contributed by atoms with E-state index in [0.29, 0.717) is 11.5 Å². The van der Waals surface area contributed by atoms with Gasteiger partial charge in [0.05, 0.1) is 11.0 Å². The number of allylic oxidation sites excluding steroid dienone is 1. The molecule has 0 unspecified atom stereocenters. The third kappa shape index (κ3) is 5.25. The Morgan fingerprint density at radius 1 is 0.529 bits per heavy atom. The van der Waals surface area contributed by atoms with Crippen LogP contribution < -0.4 is 4.74 Å². The molecular weight excluding hydrogens is 623 g/mol. The third-order valence-corrected chi connectivity index (χ3v) is 9.76.